The number of aromatic amines is 1. The number of amides is 1. The lowest BCUT2D eigenvalue weighted by Crippen LogP contribution is -2.27. The van der Waals surface area contributed by atoms with Crippen LogP contribution in [0.3, 0.4) is 0 Å². The van der Waals surface area contributed by atoms with Crippen LogP contribution in [-0.2, 0) is 0 Å². The number of nitrogens with one attached hydrogen (secondary N) is 2. The summed E-state index contributed by atoms with van der Waals surface area (Å²) < 4.78 is 0.766. The Morgan fingerprint density at radius 2 is 2.24 bits per heavy atom. The van der Waals surface area contributed by atoms with Gasteiger partial charge in [-0.15, -0.1) is 0 Å². The minimum absolute atomic E-state index is 0.152. The van der Waals surface area contributed by atoms with Crippen molar-refractivity contribution in [2.24, 2.45) is 0 Å². The fourth-order valence-corrected chi connectivity index (χ4v) is 1.88. The summed E-state index contributed by atoms with van der Waals surface area (Å²) in [5.41, 5.74) is 0.596. The van der Waals surface area contributed by atoms with Crippen molar-refractivity contribution in [1.82, 2.24) is 20.5 Å². The molecule has 88 valence electrons. The second-order valence-corrected chi connectivity index (χ2v) is 4.40. The zero-order valence-electron chi connectivity index (χ0n) is 9.14. The highest BCUT2D eigenvalue weighted by molar-refractivity contribution is 9.10. The number of aromatic nitrogens is 3. The number of H-pyrrole nitrogens is 1. The first kappa shape index (κ1) is 11.8. The number of hydrogen-bond donors (Lipinski definition) is 2. The van der Waals surface area contributed by atoms with Gasteiger partial charge in [-0.05, 0) is 35.0 Å². The normalized spacial score (nSPS) is 12.1. The standard InChI is InChI=1S/C11H11BrN4O/c1-7(10-13-6-14-16-10)15-11(17)8-4-2-3-5-9(8)12/h2-7H,1H3,(H,15,17)(H,13,14,16). The smallest absolute Gasteiger partial charge is 0.253 e. The van der Waals surface area contributed by atoms with Gasteiger partial charge in [-0.3, -0.25) is 9.89 Å². The summed E-state index contributed by atoms with van der Waals surface area (Å²) in [6, 6.07) is 7.05. The third-order valence-corrected chi connectivity index (χ3v) is 3.00. The third-order valence-electron chi connectivity index (χ3n) is 2.31. The molecule has 0 bridgehead atoms. The van der Waals surface area contributed by atoms with Crippen molar-refractivity contribution in [2.75, 3.05) is 0 Å². The van der Waals surface area contributed by atoms with E-state index in [9.17, 15) is 4.79 Å². The minimum atomic E-state index is -0.211. The van der Waals surface area contributed by atoms with Crippen molar-refractivity contribution in [3.05, 3.63) is 46.5 Å². The van der Waals surface area contributed by atoms with Crippen LogP contribution in [0.5, 0.6) is 0 Å². The number of carbonyl (C=O) groups is 1. The van der Waals surface area contributed by atoms with Crippen molar-refractivity contribution in [3.63, 3.8) is 0 Å². The lowest BCUT2D eigenvalue weighted by molar-refractivity contribution is 0.0937. The number of rotatable bonds is 3. The maximum absolute atomic E-state index is 12.0. The van der Waals surface area contributed by atoms with E-state index >= 15 is 0 Å². The molecule has 1 unspecified atom stereocenters. The van der Waals surface area contributed by atoms with Crippen molar-refractivity contribution < 1.29 is 4.79 Å². The Balaban J connectivity index is 2.10. The van der Waals surface area contributed by atoms with Crippen LogP contribution >= 0.6 is 15.9 Å². The van der Waals surface area contributed by atoms with E-state index in [0.29, 0.717) is 11.4 Å². The van der Waals surface area contributed by atoms with Crippen LogP contribution in [0.2, 0.25) is 0 Å². The Bertz CT molecular complexity index is 512. The summed E-state index contributed by atoms with van der Waals surface area (Å²) in [6.45, 7) is 1.84. The zero-order valence-corrected chi connectivity index (χ0v) is 10.7. The number of nitrogens with zero attached hydrogens (tertiary/aromatic N) is 2. The van der Waals surface area contributed by atoms with Gasteiger partial charge in [-0.25, -0.2) is 4.98 Å². The maximum Gasteiger partial charge on any atom is 0.253 e. The second kappa shape index (κ2) is 5.09. The molecule has 1 amide bonds. The highest BCUT2D eigenvalue weighted by atomic mass is 79.9. The molecule has 0 fully saturated rings. The van der Waals surface area contributed by atoms with Gasteiger partial charge in [0.2, 0.25) is 0 Å². The molecule has 2 aromatic rings. The number of hydrogen-bond acceptors (Lipinski definition) is 3. The largest absolute Gasteiger partial charge is 0.342 e. The molecule has 1 aromatic carbocycles. The first-order valence-corrected chi connectivity index (χ1v) is 5.88. The van der Waals surface area contributed by atoms with E-state index in [0.717, 1.165) is 4.47 Å². The van der Waals surface area contributed by atoms with Gasteiger partial charge >= 0.3 is 0 Å². The van der Waals surface area contributed by atoms with Gasteiger partial charge in [0.1, 0.15) is 12.2 Å². The van der Waals surface area contributed by atoms with Crippen molar-refractivity contribution in [3.8, 4) is 0 Å². The van der Waals surface area contributed by atoms with E-state index in [1.165, 1.54) is 6.33 Å². The van der Waals surface area contributed by atoms with Crippen molar-refractivity contribution >= 4 is 21.8 Å². The van der Waals surface area contributed by atoms with Crippen LogP contribution in [0.25, 0.3) is 0 Å². The molecule has 0 radical (unpaired) electrons. The summed E-state index contributed by atoms with van der Waals surface area (Å²) in [5.74, 6) is 0.478. The molecule has 2 N–H and O–H groups in total. The van der Waals surface area contributed by atoms with E-state index in [1.54, 1.807) is 6.07 Å². The van der Waals surface area contributed by atoms with E-state index in [4.69, 9.17) is 0 Å². The fourth-order valence-electron chi connectivity index (χ4n) is 1.41. The lowest BCUT2D eigenvalue weighted by atomic mass is 10.2. The molecule has 0 aliphatic rings. The molecule has 0 aliphatic carbocycles. The highest BCUT2D eigenvalue weighted by Crippen LogP contribution is 2.16. The molecule has 1 heterocycles. The van der Waals surface area contributed by atoms with Crippen molar-refractivity contribution in [1.29, 1.82) is 0 Å². The molecular weight excluding hydrogens is 284 g/mol. The predicted molar refractivity (Wildman–Crippen MR) is 66.4 cm³/mol. The van der Waals surface area contributed by atoms with Gasteiger partial charge in [-0.1, -0.05) is 12.1 Å². The number of halogens is 1. The lowest BCUT2D eigenvalue weighted by Gasteiger charge is -2.11. The monoisotopic (exact) mass is 294 g/mol. The van der Waals surface area contributed by atoms with E-state index < -0.39 is 0 Å². The van der Waals surface area contributed by atoms with E-state index in [2.05, 4.69) is 36.4 Å². The Morgan fingerprint density at radius 1 is 1.47 bits per heavy atom. The van der Waals surface area contributed by atoms with Crippen LogP contribution in [0.1, 0.15) is 29.1 Å². The van der Waals surface area contributed by atoms with E-state index in [-0.39, 0.29) is 11.9 Å². The van der Waals surface area contributed by atoms with Gasteiger partial charge in [0.25, 0.3) is 5.91 Å². The minimum Gasteiger partial charge on any atom is -0.342 e. The molecular formula is C11H11BrN4O. The second-order valence-electron chi connectivity index (χ2n) is 3.55. The topological polar surface area (TPSA) is 70.7 Å². The average Bonchev–Trinajstić information content (AvgIpc) is 2.82. The van der Waals surface area contributed by atoms with Crippen LogP contribution < -0.4 is 5.32 Å². The number of carbonyl (C=O) groups excluding carboxylic acids is 1. The third kappa shape index (κ3) is 2.71. The van der Waals surface area contributed by atoms with Crippen LogP contribution in [0, 0.1) is 0 Å². The van der Waals surface area contributed by atoms with Gasteiger partial charge in [-0.2, -0.15) is 5.10 Å². The van der Waals surface area contributed by atoms with Crippen molar-refractivity contribution in [2.45, 2.75) is 13.0 Å². The molecule has 0 aliphatic heterocycles. The molecule has 0 saturated carbocycles. The Morgan fingerprint density at radius 3 is 2.88 bits per heavy atom. The summed E-state index contributed by atoms with van der Waals surface area (Å²) in [5, 5.41) is 9.30. The summed E-state index contributed by atoms with van der Waals surface area (Å²) in [4.78, 5) is 16.0. The molecule has 2 rings (SSSR count). The summed E-state index contributed by atoms with van der Waals surface area (Å²) >= 11 is 3.34. The molecule has 1 atom stereocenters. The molecule has 0 spiro atoms. The first-order chi connectivity index (χ1) is 8.18. The van der Waals surface area contributed by atoms with Gasteiger partial charge in [0, 0.05) is 4.47 Å². The highest BCUT2D eigenvalue weighted by Gasteiger charge is 2.14. The van der Waals surface area contributed by atoms with Crippen LogP contribution in [-0.4, -0.2) is 21.1 Å². The average molecular weight is 295 g/mol. The Labute approximate surface area is 107 Å². The Kier molecular flexibility index (Phi) is 3.53. The summed E-state index contributed by atoms with van der Waals surface area (Å²) in [6.07, 6.45) is 1.41. The quantitative estimate of drug-likeness (QED) is 0.910. The Hall–Kier alpha value is -1.69. The summed E-state index contributed by atoms with van der Waals surface area (Å²) in [7, 11) is 0. The zero-order chi connectivity index (χ0) is 12.3. The molecule has 17 heavy (non-hydrogen) atoms. The fraction of sp³-hybridized carbons (Fsp3) is 0.182. The molecule has 6 heteroatoms. The first-order valence-electron chi connectivity index (χ1n) is 5.09. The molecule has 1 aromatic heterocycles. The maximum atomic E-state index is 12.0. The van der Waals surface area contributed by atoms with Gasteiger partial charge in [0.05, 0.1) is 11.6 Å². The predicted octanol–water partition coefficient (Wildman–Crippen LogP) is 2.06. The van der Waals surface area contributed by atoms with Crippen LogP contribution in [0.15, 0.2) is 35.1 Å². The number of benzene rings is 1. The van der Waals surface area contributed by atoms with Crippen LogP contribution in [0.4, 0.5) is 0 Å². The molecule has 0 saturated heterocycles. The molecule has 5 nitrogen and oxygen atoms in total. The van der Waals surface area contributed by atoms with E-state index in [1.807, 2.05) is 25.1 Å². The van der Waals surface area contributed by atoms with Gasteiger partial charge < -0.3 is 5.32 Å². The van der Waals surface area contributed by atoms with Gasteiger partial charge in [0.15, 0.2) is 0 Å². The SMILES string of the molecule is CC(NC(=O)c1ccccc1Br)c1ncn[nH]1.